The molecule has 0 spiro atoms. The Bertz CT molecular complexity index is 700. The minimum absolute atomic E-state index is 0.229. The number of hydrogen-bond acceptors (Lipinski definition) is 3. The molecule has 1 atom stereocenters. The van der Waals surface area contributed by atoms with Gasteiger partial charge in [0, 0.05) is 51.9 Å². The molecular weight excluding hydrogens is 362 g/mol. The molecule has 1 amide bonds. The minimum atomic E-state index is 0.229. The van der Waals surface area contributed by atoms with E-state index in [-0.39, 0.29) is 5.91 Å². The van der Waals surface area contributed by atoms with Crippen molar-refractivity contribution in [1.82, 2.24) is 15.1 Å². The lowest BCUT2D eigenvalue weighted by Crippen LogP contribution is -2.41. The van der Waals surface area contributed by atoms with Crippen molar-refractivity contribution in [3.8, 4) is 0 Å². The van der Waals surface area contributed by atoms with Gasteiger partial charge in [-0.15, -0.1) is 0 Å². The van der Waals surface area contributed by atoms with Crippen LogP contribution in [0.3, 0.4) is 0 Å². The van der Waals surface area contributed by atoms with Gasteiger partial charge in [0.15, 0.2) is 5.96 Å². The number of carbonyl (C=O) groups is 1. The molecule has 3 rings (SSSR count). The van der Waals surface area contributed by atoms with E-state index in [1.807, 2.05) is 24.1 Å². The van der Waals surface area contributed by atoms with Gasteiger partial charge in [-0.2, -0.15) is 0 Å². The molecule has 160 valence electrons. The molecular formula is C23H37N5O. The molecule has 0 bridgehead atoms. The zero-order valence-corrected chi connectivity index (χ0v) is 18.4. The van der Waals surface area contributed by atoms with Gasteiger partial charge in [0.25, 0.3) is 0 Å². The van der Waals surface area contributed by atoms with Gasteiger partial charge < -0.3 is 20.0 Å². The lowest BCUT2D eigenvalue weighted by Gasteiger charge is -2.24. The summed E-state index contributed by atoms with van der Waals surface area (Å²) < 4.78 is 0. The first-order valence-corrected chi connectivity index (χ1v) is 11.2. The van der Waals surface area contributed by atoms with Gasteiger partial charge in [0.05, 0.1) is 0 Å². The van der Waals surface area contributed by atoms with Crippen molar-refractivity contribution in [2.75, 3.05) is 57.8 Å². The smallest absolute Gasteiger partial charge is 0.227 e. The quantitative estimate of drug-likeness (QED) is 0.415. The van der Waals surface area contributed by atoms with Crippen LogP contribution in [0.15, 0.2) is 29.3 Å². The second-order valence-corrected chi connectivity index (χ2v) is 8.09. The van der Waals surface area contributed by atoms with Crippen molar-refractivity contribution in [2.24, 2.45) is 10.9 Å². The third kappa shape index (κ3) is 5.50. The fourth-order valence-electron chi connectivity index (χ4n) is 4.53. The van der Waals surface area contributed by atoms with E-state index in [1.165, 1.54) is 18.5 Å². The number of hydrogen-bond donors (Lipinski definition) is 1. The molecule has 2 aliphatic rings. The second kappa shape index (κ2) is 10.6. The van der Waals surface area contributed by atoms with Gasteiger partial charge in [-0.25, -0.2) is 0 Å². The minimum Gasteiger partial charge on any atom is -0.356 e. The summed E-state index contributed by atoms with van der Waals surface area (Å²) >= 11 is 0. The summed E-state index contributed by atoms with van der Waals surface area (Å²) in [5.74, 6) is 1.92. The van der Waals surface area contributed by atoms with E-state index in [9.17, 15) is 4.79 Å². The van der Waals surface area contributed by atoms with E-state index in [0.717, 1.165) is 63.8 Å². The lowest BCUT2D eigenvalue weighted by molar-refractivity contribution is -0.118. The van der Waals surface area contributed by atoms with Gasteiger partial charge in [-0.05, 0) is 49.9 Å². The second-order valence-electron chi connectivity index (χ2n) is 8.09. The molecule has 1 N–H and O–H groups in total. The number of amides is 1. The third-order valence-corrected chi connectivity index (χ3v) is 6.25. The van der Waals surface area contributed by atoms with E-state index in [0.29, 0.717) is 12.3 Å². The predicted octanol–water partition coefficient (Wildman–Crippen LogP) is 2.60. The van der Waals surface area contributed by atoms with E-state index < -0.39 is 0 Å². The molecule has 1 fully saturated rings. The fourth-order valence-corrected chi connectivity index (χ4v) is 4.53. The number of anilines is 1. The summed E-state index contributed by atoms with van der Waals surface area (Å²) in [4.78, 5) is 23.9. The molecule has 1 aromatic rings. The van der Waals surface area contributed by atoms with Crippen molar-refractivity contribution in [3.63, 3.8) is 0 Å². The van der Waals surface area contributed by atoms with Crippen LogP contribution in [-0.4, -0.2) is 74.5 Å². The van der Waals surface area contributed by atoms with E-state index in [2.05, 4.69) is 46.1 Å². The molecule has 0 saturated carbocycles. The maximum atomic E-state index is 12.6. The number of fused-ring (bicyclic) bond motifs is 1. The van der Waals surface area contributed by atoms with Crippen LogP contribution in [0.5, 0.6) is 0 Å². The summed E-state index contributed by atoms with van der Waals surface area (Å²) in [6.07, 6.45) is 3.59. The largest absolute Gasteiger partial charge is 0.356 e. The number of guanidine groups is 1. The molecule has 1 aromatic carbocycles. The fraction of sp³-hybridized carbons (Fsp3) is 0.652. The van der Waals surface area contributed by atoms with E-state index in [4.69, 9.17) is 0 Å². The van der Waals surface area contributed by atoms with Crippen molar-refractivity contribution < 1.29 is 4.79 Å². The highest BCUT2D eigenvalue weighted by atomic mass is 16.2. The number of rotatable bonds is 8. The monoisotopic (exact) mass is 399 g/mol. The Hall–Kier alpha value is -2.08. The van der Waals surface area contributed by atoms with Gasteiger partial charge in [0.1, 0.15) is 0 Å². The number of para-hydroxylation sites is 1. The Morgan fingerprint density at radius 1 is 1.24 bits per heavy atom. The standard InChI is InChI=1S/C23H37N5O/c1-4-26(5-2)17-19-12-15-27(18-19)23(24-3)25-14-8-11-22(29)28-16-13-20-9-6-7-10-21(20)28/h6-7,9-10,19H,4-5,8,11-18H2,1-3H3,(H,24,25). The average Bonchev–Trinajstić information content (AvgIpc) is 3.39. The number of benzene rings is 1. The number of likely N-dealkylation sites (tertiary alicyclic amines) is 1. The maximum Gasteiger partial charge on any atom is 0.227 e. The van der Waals surface area contributed by atoms with Crippen LogP contribution in [0.2, 0.25) is 0 Å². The highest BCUT2D eigenvalue weighted by Crippen LogP contribution is 2.28. The molecule has 1 saturated heterocycles. The molecule has 6 heteroatoms. The number of nitrogens with one attached hydrogen (secondary N) is 1. The molecule has 0 aromatic heterocycles. The van der Waals surface area contributed by atoms with Crippen molar-refractivity contribution >= 4 is 17.6 Å². The van der Waals surface area contributed by atoms with Crippen LogP contribution in [0.1, 0.15) is 38.7 Å². The van der Waals surface area contributed by atoms with E-state index >= 15 is 0 Å². The van der Waals surface area contributed by atoms with Gasteiger partial charge >= 0.3 is 0 Å². The van der Waals surface area contributed by atoms with Crippen LogP contribution in [0, 0.1) is 5.92 Å². The van der Waals surface area contributed by atoms with Gasteiger partial charge in [0.2, 0.25) is 5.91 Å². The van der Waals surface area contributed by atoms with Crippen LogP contribution in [0.4, 0.5) is 5.69 Å². The van der Waals surface area contributed by atoms with Crippen LogP contribution >= 0.6 is 0 Å². The summed E-state index contributed by atoms with van der Waals surface area (Å²) in [6, 6.07) is 8.24. The molecule has 6 nitrogen and oxygen atoms in total. The van der Waals surface area contributed by atoms with E-state index in [1.54, 1.807) is 0 Å². The first kappa shape index (κ1) is 21.6. The van der Waals surface area contributed by atoms with Gasteiger partial charge in [-0.1, -0.05) is 32.0 Å². The van der Waals surface area contributed by atoms with Crippen LogP contribution in [-0.2, 0) is 11.2 Å². The maximum absolute atomic E-state index is 12.6. The zero-order chi connectivity index (χ0) is 20.6. The predicted molar refractivity (Wildman–Crippen MR) is 121 cm³/mol. The number of carbonyl (C=O) groups excluding carboxylic acids is 1. The van der Waals surface area contributed by atoms with Crippen LogP contribution < -0.4 is 10.2 Å². The Labute approximate surface area is 176 Å². The summed E-state index contributed by atoms with van der Waals surface area (Å²) in [7, 11) is 1.85. The summed E-state index contributed by atoms with van der Waals surface area (Å²) in [5, 5.41) is 3.47. The topological polar surface area (TPSA) is 51.2 Å². The van der Waals surface area contributed by atoms with Crippen molar-refractivity contribution in [3.05, 3.63) is 29.8 Å². The number of aliphatic imine (C=N–C) groups is 1. The normalized spacial score (nSPS) is 19.2. The summed E-state index contributed by atoms with van der Waals surface area (Å²) in [6.45, 7) is 11.6. The lowest BCUT2D eigenvalue weighted by atomic mass is 10.1. The van der Waals surface area contributed by atoms with Gasteiger partial charge in [-0.3, -0.25) is 9.79 Å². The highest BCUT2D eigenvalue weighted by molar-refractivity contribution is 5.95. The molecule has 2 aliphatic heterocycles. The zero-order valence-electron chi connectivity index (χ0n) is 18.4. The Kier molecular flexibility index (Phi) is 7.92. The first-order chi connectivity index (χ1) is 14.2. The molecule has 0 radical (unpaired) electrons. The molecule has 2 heterocycles. The summed E-state index contributed by atoms with van der Waals surface area (Å²) in [5.41, 5.74) is 2.38. The van der Waals surface area contributed by atoms with Crippen molar-refractivity contribution in [1.29, 1.82) is 0 Å². The first-order valence-electron chi connectivity index (χ1n) is 11.2. The highest BCUT2D eigenvalue weighted by Gasteiger charge is 2.26. The van der Waals surface area contributed by atoms with Crippen LogP contribution in [0.25, 0.3) is 0 Å². The molecule has 29 heavy (non-hydrogen) atoms. The Balaban J connectivity index is 1.39. The molecule has 1 unspecified atom stereocenters. The molecule has 0 aliphatic carbocycles. The van der Waals surface area contributed by atoms with Crippen molar-refractivity contribution in [2.45, 2.75) is 39.5 Å². The Morgan fingerprint density at radius 2 is 2.03 bits per heavy atom. The average molecular weight is 400 g/mol. The SMILES string of the molecule is CCN(CC)CC1CCN(C(=NC)NCCCC(=O)N2CCc3ccccc32)C1. The number of nitrogens with zero attached hydrogens (tertiary/aromatic N) is 4. The Morgan fingerprint density at radius 3 is 2.79 bits per heavy atom. The third-order valence-electron chi connectivity index (χ3n) is 6.25.